The lowest BCUT2D eigenvalue weighted by atomic mass is 10.2. The van der Waals surface area contributed by atoms with Crippen molar-refractivity contribution in [2.24, 2.45) is 4.99 Å². The van der Waals surface area contributed by atoms with Gasteiger partial charge in [-0.05, 0) is 55.7 Å². The standard InChI is InChI=1S/C21H26N2O4S/c1-2-14-27-19-9-6-17(21(24)15-19)16-22-18-7-10-20(11-8-18)28(25,26)23-12-4-3-5-13-23/h6-11,15-16,24H,2-5,12-14H2,1H3. The van der Waals surface area contributed by atoms with Gasteiger partial charge in [0.25, 0.3) is 0 Å². The van der Waals surface area contributed by atoms with Crippen LogP contribution in [0.25, 0.3) is 0 Å². The molecule has 28 heavy (non-hydrogen) atoms. The predicted octanol–water partition coefficient (Wildman–Crippen LogP) is 4.11. The van der Waals surface area contributed by atoms with Crippen LogP contribution in [-0.2, 0) is 10.0 Å². The van der Waals surface area contributed by atoms with Crippen molar-refractivity contribution in [3.8, 4) is 11.5 Å². The highest BCUT2D eigenvalue weighted by Crippen LogP contribution is 2.25. The molecule has 3 rings (SSSR count). The van der Waals surface area contributed by atoms with Gasteiger partial charge in [-0.3, -0.25) is 4.99 Å². The smallest absolute Gasteiger partial charge is 0.243 e. The molecule has 1 heterocycles. The van der Waals surface area contributed by atoms with Crippen LogP contribution < -0.4 is 4.74 Å². The van der Waals surface area contributed by atoms with Crippen molar-refractivity contribution in [2.45, 2.75) is 37.5 Å². The van der Waals surface area contributed by atoms with Gasteiger partial charge >= 0.3 is 0 Å². The summed E-state index contributed by atoms with van der Waals surface area (Å²) in [6.07, 6.45) is 5.35. The Balaban J connectivity index is 1.70. The van der Waals surface area contributed by atoms with Crippen molar-refractivity contribution in [3.63, 3.8) is 0 Å². The normalized spacial score (nSPS) is 15.8. The molecule has 1 aliphatic rings. The molecular weight excluding hydrogens is 376 g/mol. The summed E-state index contributed by atoms with van der Waals surface area (Å²) in [5.41, 5.74) is 1.18. The number of phenolic OH excluding ortho intramolecular Hbond substituents is 1. The van der Waals surface area contributed by atoms with Crippen LogP contribution in [-0.4, -0.2) is 43.7 Å². The predicted molar refractivity (Wildman–Crippen MR) is 110 cm³/mol. The molecule has 6 nitrogen and oxygen atoms in total. The molecule has 0 aliphatic carbocycles. The minimum absolute atomic E-state index is 0.0849. The monoisotopic (exact) mass is 402 g/mol. The van der Waals surface area contributed by atoms with E-state index in [1.807, 2.05) is 6.92 Å². The second-order valence-corrected chi connectivity index (χ2v) is 8.72. The van der Waals surface area contributed by atoms with Gasteiger partial charge in [-0.2, -0.15) is 4.31 Å². The number of hydrogen-bond acceptors (Lipinski definition) is 5. The van der Waals surface area contributed by atoms with E-state index in [1.54, 1.807) is 53.0 Å². The first-order valence-corrected chi connectivity index (χ1v) is 11.0. The van der Waals surface area contributed by atoms with E-state index in [-0.39, 0.29) is 10.6 Å². The zero-order valence-electron chi connectivity index (χ0n) is 16.0. The molecular formula is C21H26N2O4S. The molecule has 0 spiro atoms. The van der Waals surface area contributed by atoms with Gasteiger partial charge in [0.15, 0.2) is 0 Å². The highest BCUT2D eigenvalue weighted by Gasteiger charge is 2.25. The Morgan fingerprint density at radius 2 is 1.82 bits per heavy atom. The Morgan fingerprint density at radius 3 is 2.46 bits per heavy atom. The lowest BCUT2D eigenvalue weighted by Gasteiger charge is -2.25. The third-order valence-electron chi connectivity index (χ3n) is 4.62. The molecule has 2 aromatic rings. The number of aromatic hydroxyl groups is 1. The van der Waals surface area contributed by atoms with Crippen molar-refractivity contribution in [1.29, 1.82) is 0 Å². The van der Waals surface area contributed by atoms with Gasteiger partial charge in [0.1, 0.15) is 11.5 Å². The fourth-order valence-corrected chi connectivity index (χ4v) is 4.56. The van der Waals surface area contributed by atoms with E-state index >= 15 is 0 Å². The van der Waals surface area contributed by atoms with Crippen LogP contribution in [0.1, 0.15) is 38.2 Å². The molecule has 1 saturated heterocycles. The molecule has 0 bridgehead atoms. The summed E-state index contributed by atoms with van der Waals surface area (Å²) in [5, 5.41) is 10.1. The van der Waals surface area contributed by atoms with Crippen LogP contribution in [0.2, 0.25) is 0 Å². The average Bonchev–Trinajstić information content (AvgIpc) is 2.72. The molecule has 0 amide bonds. The van der Waals surface area contributed by atoms with Gasteiger partial charge in [0.2, 0.25) is 10.0 Å². The number of sulfonamides is 1. The summed E-state index contributed by atoms with van der Waals surface area (Å²) in [5.74, 6) is 0.699. The van der Waals surface area contributed by atoms with Gasteiger partial charge in [-0.15, -0.1) is 0 Å². The van der Waals surface area contributed by atoms with E-state index in [9.17, 15) is 13.5 Å². The summed E-state index contributed by atoms with van der Waals surface area (Å²) in [6.45, 7) is 3.78. The highest BCUT2D eigenvalue weighted by atomic mass is 32.2. The van der Waals surface area contributed by atoms with E-state index in [0.29, 0.717) is 36.7 Å². The third-order valence-corrected chi connectivity index (χ3v) is 6.53. The fourth-order valence-electron chi connectivity index (χ4n) is 3.04. The third kappa shape index (κ3) is 4.91. The molecule has 1 aliphatic heterocycles. The zero-order chi connectivity index (χ0) is 20.0. The van der Waals surface area contributed by atoms with Gasteiger partial charge in [0, 0.05) is 30.9 Å². The topological polar surface area (TPSA) is 79.2 Å². The number of piperidine rings is 1. The maximum absolute atomic E-state index is 12.7. The number of aliphatic imine (C=N–C) groups is 1. The van der Waals surface area contributed by atoms with Gasteiger partial charge in [-0.25, -0.2) is 8.42 Å². The quantitative estimate of drug-likeness (QED) is 0.707. The second-order valence-electron chi connectivity index (χ2n) is 6.79. The average molecular weight is 403 g/mol. The molecule has 1 fully saturated rings. The van der Waals surface area contributed by atoms with Crippen LogP contribution in [0.15, 0.2) is 52.4 Å². The maximum atomic E-state index is 12.7. The van der Waals surface area contributed by atoms with Crippen LogP contribution in [0.4, 0.5) is 5.69 Å². The zero-order valence-corrected chi connectivity index (χ0v) is 16.9. The number of nitrogens with zero attached hydrogens (tertiary/aromatic N) is 2. The molecule has 0 saturated carbocycles. The number of rotatable bonds is 7. The second kappa shape index (κ2) is 9.21. The van der Waals surface area contributed by atoms with Crippen LogP contribution in [0.3, 0.4) is 0 Å². The van der Waals surface area contributed by atoms with E-state index in [2.05, 4.69) is 4.99 Å². The summed E-state index contributed by atoms with van der Waals surface area (Å²) in [6, 6.07) is 11.6. The Bertz CT molecular complexity index is 918. The first-order valence-electron chi connectivity index (χ1n) is 9.61. The molecule has 0 atom stereocenters. The van der Waals surface area contributed by atoms with Crippen LogP contribution in [0, 0.1) is 0 Å². The van der Waals surface area contributed by atoms with E-state index in [0.717, 1.165) is 25.7 Å². The first kappa shape index (κ1) is 20.4. The molecule has 0 radical (unpaired) electrons. The number of benzene rings is 2. The largest absolute Gasteiger partial charge is 0.507 e. The summed E-state index contributed by atoms with van der Waals surface area (Å²) >= 11 is 0. The SMILES string of the molecule is CCCOc1ccc(C=Nc2ccc(S(=O)(=O)N3CCCCC3)cc2)c(O)c1. The fraction of sp³-hybridized carbons (Fsp3) is 0.381. The molecule has 0 aromatic heterocycles. The van der Waals surface area contributed by atoms with Gasteiger partial charge in [-0.1, -0.05) is 13.3 Å². The van der Waals surface area contributed by atoms with Gasteiger partial charge < -0.3 is 9.84 Å². The number of phenols is 1. The van der Waals surface area contributed by atoms with E-state index in [4.69, 9.17) is 4.74 Å². The Morgan fingerprint density at radius 1 is 1.11 bits per heavy atom. The highest BCUT2D eigenvalue weighted by molar-refractivity contribution is 7.89. The maximum Gasteiger partial charge on any atom is 0.243 e. The molecule has 150 valence electrons. The molecule has 0 unspecified atom stereocenters. The Hall–Kier alpha value is -2.38. The van der Waals surface area contributed by atoms with Crippen molar-refractivity contribution >= 4 is 21.9 Å². The summed E-state index contributed by atoms with van der Waals surface area (Å²) in [4.78, 5) is 4.62. The van der Waals surface area contributed by atoms with Gasteiger partial charge in [0.05, 0.1) is 17.2 Å². The molecule has 7 heteroatoms. The Labute approximate surface area is 166 Å². The number of ether oxygens (including phenoxy) is 1. The lowest BCUT2D eigenvalue weighted by molar-refractivity contribution is 0.315. The summed E-state index contributed by atoms with van der Waals surface area (Å²) in [7, 11) is -3.44. The van der Waals surface area contributed by atoms with Crippen molar-refractivity contribution in [1.82, 2.24) is 4.31 Å². The van der Waals surface area contributed by atoms with Crippen molar-refractivity contribution in [2.75, 3.05) is 19.7 Å². The van der Waals surface area contributed by atoms with Crippen molar-refractivity contribution < 1.29 is 18.3 Å². The van der Waals surface area contributed by atoms with Crippen LogP contribution >= 0.6 is 0 Å². The number of hydrogen-bond donors (Lipinski definition) is 1. The van der Waals surface area contributed by atoms with E-state index < -0.39 is 10.0 Å². The minimum Gasteiger partial charge on any atom is -0.507 e. The molecule has 2 aromatic carbocycles. The minimum atomic E-state index is -3.44. The molecule has 1 N–H and O–H groups in total. The van der Waals surface area contributed by atoms with Crippen molar-refractivity contribution in [3.05, 3.63) is 48.0 Å². The lowest BCUT2D eigenvalue weighted by Crippen LogP contribution is -2.35. The van der Waals surface area contributed by atoms with Crippen LogP contribution in [0.5, 0.6) is 11.5 Å². The summed E-state index contributed by atoms with van der Waals surface area (Å²) < 4.78 is 32.4. The van der Waals surface area contributed by atoms with E-state index in [1.165, 1.54) is 0 Å². The Kier molecular flexibility index (Phi) is 6.70. The first-order chi connectivity index (χ1) is 13.5.